The van der Waals surface area contributed by atoms with E-state index in [-0.39, 0.29) is 5.91 Å². The SMILES string of the molecule is CNC[C@H]1CCCN(C(=O)Cc2cc(C)ccc2C)C1. The van der Waals surface area contributed by atoms with Crippen LogP contribution in [0.4, 0.5) is 0 Å². The van der Waals surface area contributed by atoms with Crippen molar-refractivity contribution < 1.29 is 4.79 Å². The normalized spacial score (nSPS) is 19.1. The van der Waals surface area contributed by atoms with Crippen molar-refractivity contribution in [1.82, 2.24) is 10.2 Å². The van der Waals surface area contributed by atoms with Crippen LogP contribution in [0.3, 0.4) is 0 Å². The van der Waals surface area contributed by atoms with Crippen molar-refractivity contribution in [3.05, 3.63) is 34.9 Å². The van der Waals surface area contributed by atoms with Gasteiger partial charge in [-0.05, 0) is 57.3 Å². The predicted molar refractivity (Wildman–Crippen MR) is 82.9 cm³/mol. The lowest BCUT2D eigenvalue weighted by Crippen LogP contribution is -2.43. The maximum atomic E-state index is 12.5. The lowest BCUT2D eigenvalue weighted by Gasteiger charge is -2.33. The molecule has 0 radical (unpaired) electrons. The number of carbonyl (C=O) groups excluding carboxylic acids is 1. The first kappa shape index (κ1) is 15.0. The second-order valence-electron chi connectivity index (χ2n) is 6.01. The van der Waals surface area contributed by atoms with Gasteiger partial charge in [0.05, 0.1) is 6.42 Å². The van der Waals surface area contributed by atoms with Gasteiger partial charge in [0.15, 0.2) is 0 Å². The summed E-state index contributed by atoms with van der Waals surface area (Å²) in [5, 5.41) is 3.23. The number of nitrogens with one attached hydrogen (secondary N) is 1. The Morgan fingerprint density at radius 3 is 2.95 bits per heavy atom. The number of rotatable bonds is 4. The zero-order chi connectivity index (χ0) is 14.5. The Kier molecular flexibility index (Phi) is 5.18. The van der Waals surface area contributed by atoms with E-state index in [0.717, 1.165) is 26.1 Å². The third-order valence-electron chi connectivity index (χ3n) is 4.21. The molecule has 1 aliphatic rings. The maximum Gasteiger partial charge on any atom is 0.227 e. The number of piperidine rings is 1. The molecule has 110 valence electrons. The van der Waals surface area contributed by atoms with Crippen molar-refractivity contribution in [1.29, 1.82) is 0 Å². The second-order valence-corrected chi connectivity index (χ2v) is 6.01. The molecule has 1 aromatic rings. The van der Waals surface area contributed by atoms with Crippen LogP contribution in [-0.2, 0) is 11.2 Å². The predicted octanol–water partition coefficient (Wildman–Crippen LogP) is 2.30. The van der Waals surface area contributed by atoms with Crippen LogP contribution >= 0.6 is 0 Å². The first-order valence-corrected chi connectivity index (χ1v) is 7.58. The van der Waals surface area contributed by atoms with Gasteiger partial charge in [0, 0.05) is 13.1 Å². The van der Waals surface area contributed by atoms with E-state index in [0.29, 0.717) is 12.3 Å². The zero-order valence-corrected chi connectivity index (χ0v) is 12.9. The van der Waals surface area contributed by atoms with Gasteiger partial charge in [-0.3, -0.25) is 4.79 Å². The van der Waals surface area contributed by atoms with Crippen molar-refractivity contribution in [2.24, 2.45) is 5.92 Å². The van der Waals surface area contributed by atoms with E-state index in [2.05, 4.69) is 37.4 Å². The van der Waals surface area contributed by atoms with Crippen molar-refractivity contribution >= 4 is 5.91 Å². The first-order chi connectivity index (χ1) is 9.60. The molecule has 0 unspecified atom stereocenters. The highest BCUT2D eigenvalue weighted by molar-refractivity contribution is 5.79. The summed E-state index contributed by atoms with van der Waals surface area (Å²) in [6, 6.07) is 6.35. The summed E-state index contributed by atoms with van der Waals surface area (Å²) in [4.78, 5) is 14.5. The Hall–Kier alpha value is -1.35. The summed E-state index contributed by atoms with van der Waals surface area (Å²) in [6.07, 6.45) is 2.90. The zero-order valence-electron chi connectivity index (χ0n) is 12.9. The van der Waals surface area contributed by atoms with E-state index in [9.17, 15) is 4.79 Å². The highest BCUT2D eigenvalue weighted by Gasteiger charge is 2.23. The molecule has 1 atom stereocenters. The third-order valence-corrected chi connectivity index (χ3v) is 4.21. The van der Waals surface area contributed by atoms with E-state index in [1.54, 1.807) is 0 Å². The molecule has 1 aliphatic heterocycles. The van der Waals surface area contributed by atoms with Gasteiger partial charge in [-0.2, -0.15) is 0 Å². The molecule has 1 N–H and O–H groups in total. The average Bonchev–Trinajstić information content (AvgIpc) is 2.43. The summed E-state index contributed by atoms with van der Waals surface area (Å²) in [6.45, 7) is 7.00. The summed E-state index contributed by atoms with van der Waals surface area (Å²) >= 11 is 0. The van der Waals surface area contributed by atoms with Gasteiger partial charge in [0.2, 0.25) is 5.91 Å². The van der Waals surface area contributed by atoms with Crippen molar-refractivity contribution in [3.8, 4) is 0 Å². The van der Waals surface area contributed by atoms with E-state index < -0.39 is 0 Å². The van der Waals surface area contributed by atoms with Gasteiger partial charge in [0.25, 0.3) is 0 Å². The van der Waals surface area contributed by atoms with Gasteiger partial charge in [-0.15, -0.1) is 0 Å². The molecular weight excluding hydrogens is 248 g/mol. The largest absolute Gasteiger partial charge is 0.342 e. The van der Waals surface area contributed by atoms with Gasteiger partial charge in [0.1, 0.15) is 0 Å². The fourth-order valence-corrected chi connectivity index (χ4v) is 3.01. The molecule has 0 aliphatic carbocycles. The van der Waals surface area contributed by atoms with Crippen molar-refractivity contribution in [2.45, 2.75) is 33.1 Å². The summed E-state index contributed by atoms with van der Waals surface area (Å²) in [7, 11) is 1.98. The fraction of sp³-hybridized carbons (Fsp3) is 0.588. The van der Waals surface area contributed by atoms with Crippen molar-refractivity contribution in [3.63, 3.8) is 0 Å². The van der Waals surface area contributed by atoms with E-state index in [4.69, 9.17) is 0 Å². The number of aryl methyl sites for hydroxylation is 2. The summed E-state index contributed by atoms with van der Waals surface area (Å²) < 4.78 is 0. The number of likely N-dealkylation sites (tertiary alicyclic amines) is 1. The molecule has 3 heteroatoms. The fourth-order valence-electron chi connectivity index (χ4n) is 3.01. The van der Waals surface area contributed by atoms with Crippen LogP contribution in [0.2, 0.25) is 0 Å². The lowest BCUT2D eigenvalue weighted by molar-refractivity contribution is -0.132. The minimum Gasteiger partial charge on any atom is -0.342 e. The maximum absolute atomic E-state index is 12.5. The second kappa shape index (κ2) is 6.89. The highest BCUT2D eigenvalue weighted by Crippen LogP contribution is 2.18. The molecule has 1 aromatic carbocycles. The Bertz CT molecular complexity index is 468. The molecular formula is C17H26N2O. The lowest BCUT2D eigenvalue weighted by atomic mass is 9.96. The first-order valence-electron chi connectivity index (χ1n) is 7.58. The number of hydrogen-bond acceptors (Lipinski definition) is 2. The van der Waals surface area contributed by atoms with Crippen LogP contribution in [0.1, 0.15) is 29.5 Å². The molecule has 0 spiro atoms. The molecule has 1 saturated heterocycles. The van der Waals surface area contributed by atoms with Crippen LogP contribution < -0.4 is 5.32 Å². The van der Waals surface area contributed by atoms with Crippen LogP contribution in [0.15, 0.2) is 18.2 Å². The van der Waals surface area contributed by atoms with Crippen LogP contribution in [-0.4, -0.2) is 37.5 Å². The molecule has 1 heterocycles. The number of hydrogen-bond donors (Lipinski definition) is 1. The minimum absolute atomic E-state index is 0.277. The number of amides is 1. The number of benzene rings is 1. The Balaban J connectivity index is 1.99. The van der Waals surface area contributed by atoms with Crippen LogP contribution in [0.25, 0.3) is 0 Å². The van der Waals surface area contributed by atoms with Gasteiger partial charge in [-0.25, -0.2) is 0 Å². The molecule has 0 bridgehead atoms. The van der Waals surface area contributed by atoms with Crippen LogP contribution in [0.5, 0.6) is 0 Å². The van der Waals surface area contributed by atoms with Gasteiger partial charge < -0.3 is 10.2 Å². The molecule has 20 heavy (non-hydrogen) atoms. The van der Waals surface area contributed by atoms with Crippen molar-refractivity contribution in [2.75, 3.05) is 26.7 Å². The van der Waals surface area contributed by atoms with E-state index in [1.807, 2.05) is 11.9 Å². The molecule has 1 amide bonds. The molecule has 0 aromatic heterocycles. The Morgan fingerprint density at radius 2 is 2.20 bits per heavy atom. The molecule has 3 nitrogen and oxygen atoms in total. The standard InChI is InChI=1S/C17H26N2O/c1-13-6-7-14(2)16(9-13)10-17(20)19-8-4-5-15(12-19)11-18-3/h6-7,9,15,18H,4-5,8,10-12H2,1-3H3/t15-/m1/s1. The highest BCUT2D eigenvalue weighted by atomic mass is 16.2. The number of nitrogens with zero attached hydrogens (tertiary/aromatic N) is 1. The number of carbonyl (C=O) groups is 1. The quantitative estimate of drug-likeness (QED) is 0.914. The van der Waals surface area contributed by atoms with Gasteiger partial charge in [-0.1, -0.05) is 23.8 Å². The smallest absolute Gasteiger partial charge is 0.227 e. The van der Waals surface area contributed by atoms with E-state index >= 15 is 0 Å². The Labute approximate surface area is 122 Å². The summed E-state index contributed by atoms with van der Waals surface area (Å²) in [5.41, 5.74) is 3.61. The molecule has 0 saturated carbocycles. The monoisotopic (exact) mass is 274 g/mol. The molecule has 2 rings (SSSR count). The molecule has 1 fully saturated rings. The minimum atomic E-state index is 0.277. The third kappa shape index (κ3) is 3.83. The topological polar surface area (TPSA) is 32.3 Å². The summed E-state index contributed by atoms with van der Waals surface area (Å²) in [5.74, 6) is 0.885. The van der Waals surface area contributed by atoms with E-state index in [1.165, 1.54) is 23.1 Å². The van der Waals surface area contributed by atoms with Gasteiger partial charge >= 0.3 is 0 Å². The average molecular weight is 274 g/mol. The Morgan fingerprint density at radius 1 is 1.40 bits per heavy atom. The van der Waals surface area contributed by atoms with Crippen LogP contribution in [0, 0.1) is 19.8 Å².